The summed E-state index contributed by atoms with van der Waals surface area (Å²) in [5.74, 6) is 0.461. The molecule has 3 rings (SSSR count). The molecule has 0 saturated heterocycles. The molecule has 0 fully saturated rings. The van der Waals surface area contributed by atoms with Gasteiger partial charge in [-0.05, 0) is 85.2 Å². The maximum atomic E-state index is 10.8. The van der Waals surface area contributed by atoms with Crippen LogP contribution in [0.5, 0.6) is 17.2 Å². The Morgan fingerprint density at radius 2 is 1.00 bits per heavy atom. The maximum Gasteiger partial charge on any atom is 0.124 e. The lowest BCUT2D eigenvalue weighted by Gasteiger charge is -2.18. The predicted octanol–water partition coefficient (Wildman–Crippen LogP) is 4.20. The SMILES string of the molecule is Cc1cc(Cc2cc(C)c(O)c(Cc3cc(C)c(O)c(CO)c3)c2C)cc(CO)c1O. The van der Waals surface area contributed by atoms with Crippen molar-refractivity contribution in [3.05, 3.63) is 86.0 Å². The third kappa shape index (κ3) is 4.53. The number of aryl methyl sites for hydroxylation is 3. The minimum atomic E-state index is -0.252. The number of phenols is 3. The highest BCUT2D eigenvalue weighted by atomic mass is 16.3. The van der Waals surface area contributed by atoms with Crippen LogP contribution in [-0.4, -0.2) is 25.5 Å². The zero-order valence-electron chi connectivity index (χ0n) is 18.5. The number of hydrogen-bond acceptors (Lipinski definition) is 5. The van der Waals surface area contributed by atoms with Gasteiger partial charge >= 0.3 is 0 Å². The topological polar surface area (TPSA) is 101 Å². The molecule has 0 heterocycles. The van der Waals surface area contributed by atoms with Gasteiger partial charge in [0.25, 0.3) is 0 Å². The summed E-state index contributed by atoms with van der Waals surface area (Å²) in [6.07, 6.45) is 1.07. The van der Waals surface area contributed by atoms with Crippen molar-refractivity contribution in [2.24, 2.45) is 0 Å². The fourth-order valence-electron chi connectivity index (χ4n) is 4.18. The summed E-state index contributed by atoms with van der Waals surface area (Å²) in [7, 11) is 0. The monoisotopic (exact) mass is 422 g/mol. The number of aliphatic hydroxyl groups excluding tert-OH is 2. The van der Waals surface area contributed by atoms with E-state index in [1.54, 1.807) is 19.1 Å². The Kier molecular flexibility index (Phi) is 6.58. The van der Waals surface area contributed by atoms with Crippen LogP contribution in [0.15, 0.2) is 30.3 Å². The molecular formula is C26H30O5. The van der Waals surface area contributed by atoms with Crippen LogP contribution in [0.1, 0.15) is 55.6 Å². The average molecular weight is 423 g/mol. The van der Waals surface area contributed by atoms with Crippen LogP contribution in [0.25, 0.3) is 0 Å². The highest BCUT2D eigenvalue weighted by Gasteiger charge is 2.16. The molecule has 5 N–H and O–H groups in total. The first-order valence-electron chi connectivity index (χ1n) is 10.3. The van der Waals surface area contributed by atoms with Crippen LogP contribution in [0.2, 0.25) is 0 Å². The van der Waals surface area contributed by atoms with Gasteiger partial charge in [-0.3, -0.25) is 0 Å². The smallest absolute Gasteiger partial charge is 0.124 e. The second-order valence-electron chi connectivity index (χ2n) is 8.32. The highest BCUT2D eigenvalue weighted by molar-refractivity contribution is 5.54. The predicted molar refractivity (Wildman–Crippen MR) is 121 cm³/mol. The van der Waals surface area contributed by atoms with E-state index in [1.807, 2.05) is 39.0 Å². The second kappa shape index (κ2) is 9.00. The van der Waals surface area contributed by atoms with E-state index in [4.69, 9.17) is 0 Å². The molecule has 0 aliphatic rings. The van der Waals surface area contributed by atoms with Gasteiger partial charge in [-0.25, -0.2) is 0 Å². The van der Waals surface area contributed by atoms with Gasteiger partial charge in [0, 0.05) is 23.1 Å². The molecule has 0 radical (unpaired) electrons. The Bertz CT molecular complexity index is 1130. The van der Waals surface area contributed by atoms with Gasteiger partial charge in [-0.15, -0.1) is 0 Å². The van der Waals surface area contributed by atoms with Crippen LogP contribution in [0.3, 0.4) is 0 Å². The molecule has 3 aromatic carbocycles. The maximum absolute atomic E-state index is 10.8. The Morgan fingerprint density at radius 1 is 0.548 bits per heavy atom. The first-order chi connectivity index (χ1) is 14.7. The van der Waals surface area contributed by atoms with Crippen molar-refractivity contribution in [3.63, 3.8) is 0 Å². The molecule has 0 atom stereocenters. The number of aliphatic hydroxyl groups is 2. The molecule has 0 spiro atoms. The Morgan fingerprint density at radius 3 is 1.48 bits per heavy atom. The summed E-state index contributed by atoms with van der Waals surface area (Å²) in [6.45, 7) is 6.96. The summed E-state index contributed by atoms with van der Waals surface area (Å²) in [5, 5.41) is 50.0. The van der Waals surface area contributed by atoms with Crippen LogP contribution < -0.4 is 0 Å². The minimum absolute atomic E-state index is 0.0968. The summed E-state index contributed by atoms with van der Waals surface area (Å²) in [6, 6.07) is 9.32. The quantitative estimate of drug-likeness (QED) is 0.410. The molecule has 5 nitrogen and oxygen atoms in total. The molecule has 0 unspecified atom stereocenters. The Balaban J connectivity index is 2.03. The lowest BCUT2D eigenvalue weighted by molar-refractivity contribution is 0.275. The van der Waals surface area contributed by atoms with Crippen molar-refractivity contribution in [2.45, 2.75) is 53.8 Å². The fraction of sp³-hybridized carbons (Fsp3) is 0.308. The summed E-state index contributed by atoms with van der Waals surface area (Å²) >= 11 is 0. The van der Waals surface area contributed by atoms with Gasteiger partial charge in [0.15, 0.2) is 0 Å². The van der Waals surface area contributed by atoms with E-state index in [0.29, 0.717) is 35.1 Å². The van der Waals surface area contributed by atoms with Crippen LogP contribution in [0, 0.1) is 27.7 Å². The van der Waals surface area contributed by atoms with Crippen LogP contribution >= 0.6 is 0 Å². The zero-order valence-corrected chi connectivity index (χ0v) is 18.5. The summed E-state index contributed by atoms with van der Waals surface area (Å²) in [4.78, 5) is 0. The van der Waals surface area contributed by atoms with E-state index in [1.165, 1.54) is 0 Å². The largest absolute Gasteiger partial charge is 0.507 e. The lowest BCUT2D eigenvalue weighted by Crippen LogP contribution is -2.03. The molecule has 0 aliphatic heterocycles. The Labute approximate surface area is 182 Å². The molecule has 5 heteroatoms. The molecule has 3 aromatic rings. The molecule has 31 heavy (non-hydrogen) atoms. The molecule has 0 aromatic heterocycles. The fourth-order valence-corrected chi connectivity index (χ4v) is 4.18. The standard InChI is InChI=1S/C26H30O5/c1-14-5-18(9-21(12-27)24(14)29)8-20-7-16(3)26(31)23(17(20)4)11-19-6-15(2)25(30)22(10-19)13-28/h5-7,9-10,27-31H,8,11-13H2,1-4H3. The first-order valence-corrected chi connectivity index (χ1v) is 10.3. The van der Waals surface area contributed by atoms with E-state index in [2.05, 4.69) is 0 Å². The zero-order chi connectivity index (χ0) is 22.9. The third-order valence-corrected chi connectivity index (χ3v) is 5.98. The summed E-state index contributed by atoms with van der Waals surface area (Å²) in [5.41, 5.74) is 7.84. The van der Waals surface area contributed by atoms with E-state index >= 15 is 0 Å². The van der Waals surface area contributed by atoms with Gasteiger partial charge in [0.2, 0.25) is 0 Å². The minimum Gasteiger partial charge on any atom is -0.507 e. The molecule has 0 aliphatic carbocycles. The van der Waals surface area contributed by atoms with Crippen molar-refractivity contribution >= 4 is 0 Å². The molecule has 0 amide bonds. The molecule has 0 bridgehead atoms. The van der Waals surface area contributed by atoms with E-state index < -0.39 is 0 Å². The van der Waals surface area contributed by atoms with Crippen LogP contribution in [-0.2, 0) is 26.1 Å². The summed E-state index contributed by atoms with van der Waals surface area (Å²) < 4.78 is 0. The molecule has 0 saturated carbocycles. The van der Waals surface area contributed by atoms with Gasteiger partial charge in [0.05, 0.1) is 13.2 Å². The molecule has 164 valence electrons. The number of hydrogen-bond donors (Lipinski definition) is 5. The third-order valence-electron chi connectivity index (χ3n) is 5.98. The average Bonchev–Trinajstić information content (AvgIpc) is 2.74. The Hall–Kier alpha value is -3.02. The second-order valence-corrected chi connectivity index (χ2v) is 8.32. The van der Waals surface area contributed by atoms with Gasteiger partial charge < -0.3 is 25.5 Å². The van der Waals surface area contributed by atoms with E-state index in [-0.39, 0.29) is 30.5 Å². The van der Waals surface area contributed by atoms with Gasteiger partial charge in [-0.1, -0.05) is 18.2 Å². The molecular weight excluding hydrogens is 392 g/mol. The van der Waals surface area contributed by atoms with Crippen LogP contribution in [0.4, 0.5) is 0 Å². The first kappa shape index (κ1) is 22.7. The number of benzene rings is 3. The van der Waals surface area contributed by atoms with Crippen molar-refractivity contribution in [3.8, 4) is 17.2 Å². The highest BCUT2D eigenvalue weighted by Crippen LogP contribution is 2.34. The van der Waals surface area contributed by atoms with Gasteiger partial charge in [0.1, 0.15) is 17.2 Å². The van der Waals surface area contributed by atoms with E-state index in [0.717, 1.165) is 33.4 Å². The number of rotatable bonds is 6. The number of phenolic OH excluding ortho intramolecular Hbond substituents is 1. The van der Waals surface area contributed by atoms with Crippen molar-refractivity contribution in [1.82, 2.24) is 0 Å². The van der Waals surface area contributed by atoms with Gasteiger partial charge in [-0.2, -0.15) is 0 Å². The van der Waals surface area contributed by atoms with Crippen molar-refractivity contribution < 1.29 is 25.5 Å². The lowest BCUT2D eigenvalue weighted by atomic mass is 9.89. The van der Waals surface area contributed by atoms with Crippen molar-refractivity contribution in [2.75, 3.05) is 0 Å². The van der Waals surface area contributed by atoms with E-state index in [9.17, 15) is 25.5 Å². The van der Waals surface area contributed by atoms with Crippen molar-refractivity contribution in [1.29, 1.82) is 0 Å². The normalized spacial score (nSPS) is 11.2. The number of aromatic hydroxyl groups is 3.